The van der Waals surface area contributed by atoms with Crippen molar-refractivity contribution in [2.24, 2.45) is 0 Å². The molecule has 0 saturated heterocycles. The Balaban J connectivity index is 2.31. The third-order valence-corrected chi connectivity index (χ3v) is 2.55. The quantitative estimate of drug-likeness (QED) is 0.816. The molecule has 0 heterocycles. The van der Waals surface area contributed by atoms with Crippen molar-refractivity contribution >= 4 is 5.69 Å². The number of para-hydroxylation sites is 1. The summed E-state index contributed by atoms with van der Waals surface area (Å²) in [6.07, 6.45) is 0.872. The number of nitrogens with two attached hydrogens (primary N) is 1. The van der Waals surface area contributed by atoms with E-state index in [0.717, 1.165) is 17.7 Å². The van der Waals surface area contributed by atoms with Gasteiger partial charge < -0.3 is 10.5 Å². The molecule has 0 aliphatic rings. The number of anilines is 1. The van der Waals surface area contributed by atoms with Gasteiger partial charge in [0.2, 0.25) is 0 Å². The van der Waals surface area contributed by atoms with Crippen molar-refractivity contribution in [3.8, 4) is 11.5 Å². The SMILES string of the molecule is CCc1ccccc1Oc1ccc(F)cc1N. The summed E-state index contributed by atoms with van der Waals surface area (Å²) in [6, 6.07) is 11.9. The molecule has 88 valence electrons. The Morgan fingerprint density at radius 3 is 2.59 bits per heavy atom. The number of ether oxygens (including phenoxy) is 1. The van der Waals surface area contributed by atoms with E-state index < -0.39 is 0 Å². The number of halogens is 1. The minimum absolute atomic E-state index is 0.302. The highest BCUT2D eigenvalue weighted by molar-refractivity contribution is 5.54. The second-order valence-electron chi connectivity index (χ2n) is 3.75. The molecule has 17 heavy (non-hydrogen) atoms. The van der Waals surface area contributed by atoms with Crippen LogP contribution in [-0.4, -0.2) is 0 Å². The number of hydrogen-bond acceptors (Lipinski definition) is 2. The van der Waals surface area contributed by atoms with Crippen LogP contribution in [0.15, 0.2) is 42.5 Å². The van der Waals surface area contributed by atoms with Crippen molar-refractivity contribution in [2.75, 3.05) is 5.73 Å². The lowest BCUT2D eigenvalue weighted by molar-refractivity contribution is 0.477. The average Bonchev–Trinajstić information content (AvgIpc) is 2.33. The molecule has 0 radical (unpaired) electrons. The topological polar surface area (TPSA) is 35.2 Å². The number of rotatable bonds is 3. The minimum Gasteiger partial charge on any atom is -0.455 e. The predicted molar refractivity (Wildman–Crippen MR) is 66.7 cm³/mol. The van der Waals surface area contributed by atoms with E-state index in [1.165, 1.54) is 18.2 Å². The summed E-state index contributed by atoms with van der Waals surface area (Å²) in [5, 5.41) is 0. The first-order chi connectivity index (χ1) is 8.20. The van der Waals surface area contributed by atoms with Gasteiger partial charge in [0.1, 0.15) is 11.6 Å². The molecular formula is C14H14FNO. The van der Waals surface area contributed by atoms with Crippen LogP contribution in [0.2, 0.25) is 0 Å². The highest BCUT2D eigenvalue weighted by Crippen LogP contribution is 2.30. The normalized spacial score (nSPS) is 10.2. The van der Waals surface area contributed by atoms with Crippen molar-refractivity contribution in [3.05, 3.63) is 53.8 Å². The van der Waals surface area contributed by atoms with Gasteiger partial charge in [-0.05, 0) is 30.2 Å². The van der Waals surface area contributed by atoms with E-state index in [1.807, 2.05) is 24.3 Å². The average molecular weight is 231 g/mol. The fraction of sp³-hybridized carbons (Fsp3) is 0.143. The first-order valence-corrected chi connectivity index (χ1v) is 5.51. The molecule has 2 aromatic rings. The summed E-state index contributed by atoms with van der Waals surface area (Å²) in [5.74, 6) is 0.874. The van der Waals surface area contributed by atoms with Gasteiger partial charge in [0, 0.05) is 6.07 Å². The third kappa shape index (κ3) is 2.56. The van der Waals surface area contributed by atoms with Crippen LogP contribution < -0.4 is 10.5 Å². The summed E-state index contributed by atoms with van der Waals surface area (Å²) in [6.45, 7) is 2.05. The van der Waals surface area contributed by atoms with Crippen molar-refractivity contribution in [1.29, 1.82) is 0 Å². The zero-order chi connectivity index (χ0) is 12.3. The smallest absolute Gasteiger partial charge is 0.150 e. The van der Waals surface area contributed by atoms with Gasteiger partial charge in [-0.15, -0.1) is 0 Å². The second kappa shape index (κ2) is 4.87. The van der Waals surface area contributed by atoms with Gasteiger partial charge in [-0.3, -0.25) is 0 Å². The Hall–Kier alpha value is -2.03. The molecule has 2 rings (SSSR count). The molecule has 2 aromatic carbocycles. The maximum Gasteiger partial charge on any atom is 0.150 e. The van der Waals surface area contributed by atoms with Gasteiger partial charge in [-0.25, -0.2) is 4.39 Å². The van der Waals surface area contributed by atoms with E-state index in [9.17, 15) is 4.39 Å². The van der Waals surface area contributed by atoms with Gasteiger partial charge in [-0.1, -0.05) is 25.1 Å². The van der Waals surface area contributed by atoms with E-state index in [1.54, 1.807) is 0 Å². The highest BCUT2D eigenvalue weighted by Gasteiger charge is 2.06. The van der Waals surface area contributed by atoms with E-state index >= 15 is 0 Å². The molecule has 0 spiro atoms. The Kier molecular flexibility index (Phi) is 3.28. The molecule has 0 aliphatic heterocycles. The molecule has 0 saturated carbocycles. The summed E-state index contributed by atoms with van der Waals surface area (Å²) in [5.41, 5.74) is 7.09. The van der Waals surface area contributed by atoms with E-state index in [4.69, 9.17) is 10.5 Å². The monoisotopic (exact) mass is 231 g/mol. The van der Waals surface area contributed by atoms with Crippen LogP contribution in [-0.2, 0) is 6.42 Å². The van der Waals surface area contributed by atoms with Crippen molar-refractivity contribution in [2.45, 2.75) is 13.3 Å². The standard InChI is InChI=1S/C14H14FNO/c1-2-10-5-3-4-6-13(10)17-14-8-7-11(15)9-12(14)16/h3-9H,2,16H2,1H3. The minimum atomic E-state index is -0.362. The van der Waals surface area contributed by atoms with Crippen LogP contribution in [0.5, 0.6) is 11.5 Å². The van der Waals surface area contributed by atoms with Gasteiger partial charge in [-0.2, -0.15) is 0 Å². The second-order valence-corrected chi connectivity index (χ2v) is 3.75. The van der Waals surface area contributed by atoms with E-state index in [2.05, 4.69) is 6.92 Å². The van der Waals surface area contributed by atoms with Crippen molar-refractivity contribution in [1.82, 2.24) is 0 Å². The maximum absolute atomic E-state index is 12.9. The largest absolute Gasteiger partial charge is 0.455 e. The van der Waals surface area contributed by atoms with Crippen LogP contribution in [0.1, 0.15) is 12.5 Å². The molecule has 0 aromatic heterocycles. The van der Waals surface area contributed by atoms with Crippen LogP contribution >= 0.6 is 0 Å². The zero-order valence-electron chi connectivity index (χ0n) is 9.61. The summed E-state index contributed by atoms with van der Waals surface area (Å²) in [4.78, 5) is 0. The first kappa shape index (κ1) is 11.5. The van der Waals surface area contributed by atoms with Crippen LogP contribution in [0.4, 0.5) is 10.1 Å². The van der Waals surface area contributed by atoms with Crippen molar-refractivity contribution < 1.29 is 9.13 Å². The Labute approximate surface area is 99.8 Å². The lowest BCUT2D eigenvalue weighted by Gasteiger charge is -2.11. The highest BCUT2D eigenvalue weighted by atomic mass is 19.1. The number of hydrogen-bond donors (Lipinski definition) is 1. The van der Waals surface area contributed by atoms with Crippen LogP contribution in [0.3, 0.4) is 0 Å². The molecule has 0 bridgehead atoms. The van der Waals surface area contributed by atoms with Gasteiger partial charge in [0.05, 0.1) is 5.69 Å². The Morgan fingerprint density at radius 2 is 1.88 bits per heavy atom. The summed E-state index contributed by atoms with van der Waals surface area (Å²) < 4.78 is 18.6. The Morgan fingerprint density at radius 1 is 1.12 bits per heavy atom. The van der Waals surface area contributed by atoms with E-state index in [-0.39, 0.29) is 5.82 Å². The summed E-state index contributed by atoms with van der Waals surface area (Å²) in [7, 11) is 0. The fourth-order valence-electron chi connectivity index (χ4n) is 1.63. The Bertz CT molecular complexity index is 525. The maximum atomic E-state index is 12.9. The molecule has 0 fully saturated rings. The number of nitrogen functional groups attached to an aromatic ring is 1. The van der Waals surface area contributed by atoms with Gasteiger partial charge in [0.25, 0.3) is 0 Å². The summed E-state index contributed by atoms with van der Waals surface area (Å²) >= 11 is 0. The van der Waals surface area contributed by atoms with Crippen molar-refractivity contribution in [3.63, 3.8) is 0 Å². The van der Waals surface area contributed by atoms with Gasteiger partial charge >= 0.3 is 0 Å². The molecule has 3 heteroatoms. The molecule has 0 atom stereocenters. The molecular weight excluding hydrogens is 217 g/mol. The lowest BCUT2D eigenvalue weighted by Crippen LogP contribution is -1.95. The van der Waals surface area contributed by atoms with E-state index in [0.29, 0.717) is 11.4 Å². The third-order valence-electron chi connectivity index (χ3n) is 2.55. The van der Waals surface area contributed by atoms with Crippen LogP contribution in [0.25, 0.3) is 0 Å². The molecule has 0 amide bonds. The zero-order valence-corrected chi connectivity index (χ0v) is 9.61. The molecule has 2 N–H and O–H groups in total. The number of benzene rings is 2. The first-order valence-electron chi connectivity index (χ1n) is 5.51. The lowest BCUT2D eigenvalue weighted by atomic mass is 10.1. The van der Waals surface area contributed by atoms with Gasteiger partial charge in [0.15, 0.2) is 5.75 Å². The molecule has 0 aliphatic carbocycles. The molecule has 2 nitrogen and oxygen atoms in total. The predicted octanol–water partition coefficient (Wildman–Crippen LogP) is 3.76. The molecule has 0 unspecified atom stereocenters. The number of aryl methyl sites for hydroxylation is 1. The van der Waals surface area contributed by atoms with Crippen LogP contribution in [0, 0.1) is 5.82 Å². The fourth-order valence-corrected chi connectivity index (χ4v) is 1.63.